The number of anilines is 1. The Morgan fingerprint density at radius 2 is 1.83 bits per heavy atom. The Labute approximate surface area is 274 Å². The van der Waals surface area contributed by atoms with E-state index in [4.69, 9.17) is 4.74 Å². The normalized spacial score (nSPS) is 20.8. The molecular formula is C34H51FN6O4S. The fraction of sp³-hybridized carbons (Fsp3) is 0.676. The zero-order valence-corrected chi connectivity index (χ0v) is 28.7. The van der Waals surface area contributed by atoms with Crippen molar-refractivity contribution in [3.05, 3.63) is 42.1 Å². The highest BCUT2D eigenvalue weighted by atomic mass is 32.2. The highest BCUT2D eigenvalue weighted by Gasteiger charge is 2.39. The van der Waals surface area contributed by atoms with Gasteiger partial charge in [-0.05, 0) is 121 Å². The van der Waals surface area contributed by atoms with Crippen LogP contribution < -0.4 is 14.4 Å². The van der Waals surface area contributed by atoms with Crippen LogP contribution in [0.25, 0.3) is 0 Å². The number of nitrogens with zero attached hydrogens (tertiary/aromatic N) is 5. The van der Waals surface area contributed by atoms with Gasteiger partial charge in [0.2, 0.25) is 10.0 Å². The third-order valence-electron chi connectivity index (χ3n) is 10.4. The molecule has 1 spiro atoms. The van der Waals surface area contributed by atoms with Crippen LogP contribution in [0.2, 0.25) is 0 Å². The van der Waals surface area contributed by atoms with Crippen molar-refractivity contribution in [2.24, 2.45) is 17.3 Å². The molecule has 3 aliphatic rings. The topological polar surface area (TPSA) is 108 Å². The first-order valence-electron chi connectivity index (χ1n) is 17.0. The van der Waals surface area contributed by atoms with Crippen molar-refractivity contribution in [1.29, 1.82) is 0 Å². The van der Waals surface area contributed by atoms with Crippen molar-refractivity contribution in [2.75, 3.05) is 56.5 Å². The Hall–Kier alpha value is -2.83. The first kappa shape index (κ1) is 34.5. The first-order valence-corrected chi connectivity index (χ1v) is 18.7. The summed E-state index contributed by atoms with van der Waals surface area (Å²) in [5.41, 5.74) is 0.595. The summed E-state index contributed by atoms with van der Waals surface area (Å²) >= 11 is 0. The molecule has 0 bridgehead atoms. The second-order valence-corrected chi connectivity index (χ2v) is 15.8. The molecule has 0 radical (unpaired) electrons. The smallest absolute Gasteiger partial charge is 0.257 e. The second kappa shape index (κ2) is 14.9. The molecule has 12 heteroatoms. The van der Waals surface area contributed by atoms with Crippen LogP contribution in [0.4, 0.5) is 10.2 Å². The standard InChI is InChI=1S/C34H51FN6O4S/c1-5-41(25(3)4)33(42)29-19-28(35)7-8-30(29)45-31-21-36-24-37-32(31)40-16-11-27(23-40)22-39-17-14-34(15-18-39)12-9-26(10-13-34)20-38-46(43,44)6-2/h7-8,19,21,24-27,38H,5-6,9-18,20,22-23H2,1-4H3/t27-/m0/s1. The van der Waals surface area contributed by atoms with Gasteiger partial charge < -0.3 is 19.4 Å². The van der Waals surface area contributed by atoms with Gasteiger partial charge in [0.1, 0.15) is 17.9 Å². The predicted octanol–water partition coefficient (Wildman–Crippen LogP) is 5.32. The van der Waals surface area contributed by atoms with Gasteiger partial charge in [-0.15, -0.1) is 0 Å². The van der Waals surface area contributed by atoms with Gasteiger partial charge in [0.15, 0.2) is 11.6 Å². The van der Waals surface area contributed by atoms with Gasteiger partial charge in [-0.3, -0.25) is 4.79 Å². The Balaban J connectivity index is 1.15. The third kappa shape index (κ3) is 8.36. The van der Waals surface area contributed by atoms with Crippen LogP contribution in [0.5, 0.6) is 11.5 Å². The van der Waals surface area contributed by atoms with Crippen LogP contribution in [-0.4, -0.2) is 91.7 Å². The summed E-state index contributed by atoms with van der Waals surface area (Å²) in [5.74, 6) is 1.76. The predicted molar refractivity (Wildman–Crippen MR) is 178 cm³/mol. The van der Waals surface area contributed by atoms with Gasteiger partial charge in [-0.25, -0.2) is 27.5 Å². The molecule has 1 aliphatic carbocycles. The summed E-state index contributed by atoms with van der Waals surface area (Å²) in [5, 5.41) is 0. The molecule has 1 aromatic carbocycles. The minimum atomic E-state index is -3.12. The van der Waals surface area contributed by atoms with E-state index in [0.717, 1.165) is 52.0 Å². The van der Waals surface area contributed by atoms with E-state index in [1.54, 1.807) is 18.0 Å². The van der Waals surface area contributed by atoms with Crippen molar-refractivity contribution in [1.82, 2.24) is 24.5 Å². The Morgan fingerprint density at radius 1 is 1.09 bits per heavy atom. The lowest BCUT2D eigenvalue weighted by molar-refractivity contribution is 0.0475. The van der Waals surface area contributed by atoms with Crippen LogP contribution in [0.15, 0.2) is 30.7 Å². The lowest BCUT2D eigenvalue weighted by Gasteiger charge is -2.46. The minimum Gasteiger partial charge on any atom is -0.451 e. The molecule has 1 aromatic heterocycles. The Kier molecular flexibility index (Phi) is 11.2. The van der Waals surface area contributed by atoms with Gasteiger partial charge in [0.05, 0.1) is 17.5 Å². The van der Waals surface area contributed by atoms with Gasteiger partial charge in [-0.2, -0.15) is 0 Å². The number of carbonyl (C=O) groups excluding carboxylic acids is 1. The summed E-state index contributed by atoms with van der Waals surface area (Å²) in [4.78, 5) is 28.7. The Morgan fingerprint density at radius 3 is 2.50 bits per heavy atom. The van der Waals surface area contributed by atoms with Crippen molar-refractivity contribution < 1.29 is 22.3 Å². The number of benzene rings is 1. The van der Waals surface area contributed by atoms with Gasteiger partial charge >= 0.3 is 0 Å². The number of likely N-dealkylation sites (tertiary alicyclic amines) is 1. The van der Waals surface area contributed by atoms with Crippen molar-refractivity contribution in [2.45, 2.75) is 78.7 Å². The van der Waals surface area contributed by atoms with Crippen LogP contribution in [0.1, 0.15) is 83.0 Å². The number of halogens is 1. The number of carbonyl (C=O) groups is 1. The fourth-order valence-corrected chi connectivity index (χ4v) is 8.18. The molecule has 1 amide bonds. The maximum Gasteiger partial charge on any atom is 0.257 e. The number of ether oxygens (including phenoxy) is 1. The molecule has 1 saturated carbocycles. The number of rotatable bonds is 12. The molecule has 10 nitrogen and oxygen atoms in total. The van der Waals surface area contributed by atoms with E-state index in [-0.39, 0.29) is 29.0 Å². The zero-order chi connectivity index (χ0) is 32.9. The highest BCUT2D eigenvalue weighted by Crippen LogP contribution is 2.46. The number of piperidine rings is 1. The molecule has 0 unspecified atom stereocenters. The summed E-state index contributed by atoms with van der Waals surface area (Å²) in [6, 6.07) is 4.01. The van der Waals surface area contributed by atoms with Crippen LogP contribution >= 0.6 is 0 Å². The maximum atomic E-state index is 14.3. The molecule has 5 rings (SSSR count). The second-order valence-electron chi connectivity index (χ2n) is 13.7. The van der Waals surface area contributed by atoms with Crippen molar-refractivity contribution in [3.8, 4) is 11.5 Å². The highest BCUT2D eigenvalue weighted by molar-refractivity contribution is 7.89. The summed E-state index contributed by atoms with van der Waals surface area (Å²) in [6.45, 7) is 13.5. The number of sulfonamides is 1. The SMILES string of the molecule is CCN(C(=O)c1cc(F)ccc1Oc1cncnc1N1CC[C@@H](CN2CCC3(CCC(CNS(=O)(=O)CC)CC3)CC2)C1)C(C)C. The van der Waals surface area contributed by atoms with Crippen molar-refractivity contribution >= 4 is 21.7 Å². The van der Waals surface area contributed by atoms with E-state index in [1.807, 2.05) is 20.8 Å². The van der Waals surface area contributed by atoms with Gasteiger partial charge in [0, 0.05) is 38.8 Å². The van der Waals surface area contributed by atoms with Crippen LogP contribution in [0, 0.1) is 23.1 Å². The molecule has 1 atom stereocenters. The first-order chi connectivity index (χ1) is 22.0. The van der Waals surface area contributed by atoms with Gasteiger partial charge in [0.25, 0.3) is 5.91 Å². The van der Waals surface area contributed by atoms with Crippen LogP contribution in [0.3, 0.4) is 0 Å². The number of amides is 1. The monoisotopic (exact) mass is 658 g/mol. The molecule has 2 aliphatic heterocycles. The summed E-state index contributed by atoms with van der Waals surface area (Å²) in [6.07, 6.45) is 11.2. The number of hydrogen-bond donors (Lipinski definition) is 1. The summed E-state index contributed by atoms with van der Waals surface area (Å²) < 4.78 is 47.0. The number of aromatic nitrogens is 2. The average Bonchev–Trinajstić information content (AvgIpc) is 3.51. The lowest BCUT2D eigenvalue weighted by atomic mass is 9.65. The zero-order valence-electron chi connectivity index (χ0n) is 27.9. The molecule has 3 heterocycles. The summed E-state index contributed by atoms with van der Waals surface area (Å²) in [7, 11) is -3.12. The number of nitrogens with one attached hydrogen (secondary N) is 1. The van der Waals surface area contributed by atoms with Crippen LogP contribution in [-0.2, 0) is 10.0 Å². The fourth-order valence-electron chi connectivity index (χ4n) is 7.48. The molecule has 254 valence electrons. The molecule has 46 heavy (non-hydrogen) atoms. The quantitative estimate of drug-likeness (QED) is 0.327. The largest absolute Gasteiger partial charge is 0.451 e. The van der Waals surface area contributed by atoms with E-state index in [9.17, 15) is 17.6 Å². The van der Waals surface area contributed by atoms with E-state index >= 15 is 0 Å². The molecule has 1 N–H and O–H groups in total. The lowest BCUT2D eigenvalue weighted by Crippen LogP contribution is -2.44. The minimum absolute atomic E-state index is 0.0349. The molecular weight excluding hydrogens is 607 g/mol. The van der Waals surface area contributed by atoms with E-state index in [0.29, 0.717) is 41.9 Å². The van der Waals surface area contributed by atoms with E-state index in [2.05, 4.69) is 24.5 Å². The average molecular weight is 659 g/mol. The third-order valence-corrected chi connectivity index (χ3v) is 11.8. The number of hydrogen-bond acceptors (Lipinski definition) is 8. The Bertz CT molecular complexity index is 1440. The molecule has 3 fully saturated rings. The maximum absolute atomic E-state index is 14.3. The van der Waals surface area contributed by atoms with Crippen molar-refractivity contribution in [3.63, 3.8) is 0 Å². The molecule has 2 aromatic rings. The van der Waals surface area contributed by atoms with E-state index in [1.165, 1.54) is 50.2 Å². The van der Waals surface area contributed by atoms with E-state index < -0.39 is 15.8 Å². The molecule has 2 saturated heterocycles. The van der Waals surface area contributed by atoms with Gasteiger partial charge in [-0.1, -0.05) is 0 Å².